The molecule has 1 amide bonds. The van der Waals surface area contributed by atoms with Crippen LogP contribution in [-0.2, 0) is 4.74 Å². The summed E-state index contributed by atoms with van der Waals surface area (Å²) in [5, 5.41) is 9.53. The largest absolute Gasteiger partial charge is 0.507 e. The van der Waals surface area contributed by atoms with E-state index >= 15 is 0 Å². The van der Waals surface area contributed by atoms with Gasteiger partial charge in [0.25, 0.3) is 5.91 Å². The number of carbonyl (C=O) groups is 1. The summed E-state index contributed by atoms with van der Waals surface area (Å²) in [6.45, 7) is 1.24. The molecule has 4 nitrogen and oxygen atoms in total. The second-order valence-corrected chi connectivity index (χ2v) is 3.59. The van der Waals surface area contributed by atoms with Crippen molar-refractivity contribution in [1.82, 2.24) is 4.90 Å². The highest BCUT2D eigenvalue weighted by Crippen LogP contribution is 2.17. The van der Waals surface area contributed by atoms with Crippen LogP contribution in [0.1, 0.15) is 16.8 Å². The smallest absolute Gasteiger partial charge is 0.257 e. The zero-order valence-corrected chi connectivity index (χ0v) is 9.64. The first-order chi connectivity index (χ1) is 7.66. The molecule has 0 spiro atoms. The van der Waals surface area contributed by atoms with Crippen LogP contribution < -0.4 is 0 Å². The summed E-state index contributed by atoms with van der Waals surface area (Å²) in [6.07, 6.45) is 0.784. The van der Waals surface area contributed by atoms with Crippen LogP contribution in [0.2, 0.25) is 0 Å². The van der Waals surface area contributed by atoms with E-state index in [0.717, 1.165) is 6.42 Å². The highest BCUT2D eigenvalue weighted by atomic mass is 16.5. The lowest BCUT2D eigenvalue weighted by atomic mass is 10.2. The van der Waals surface area contributed by atoms with Gasteiger partial charge in [-0.1, -0.05) is 12.1 Å². The quantitative estimate of drug-likeness (QED) is 0.770. The molecule has 1 aromatic carbocycles. The van der Waals surface area contributed by atoms with Crippen LogP contribution in [0.25, 0.3) is 0 Å². The monoisotopic (exact) mass is 223 g/mol. The van der Waals surface area contributed by atoms with Gasteiger partial charge in [0.2, 0.25) is 0 Å². The van der Waals surface area contributed by atoms with Gasteiger partial charge in [-0.15, -0.1) is 0 Å². The molecule has 0 aromatic heterocycles. The van der Waals surface area contributed by atoms with E-state index in [4.69, 9.17) is 4.74 Å². The Bertz CT molecular complexity index is 352. The van der Waals surface area contributed by atoms with Gasteiger partial charge >= 0.3 is 0 Å². The van der Waals surface area contributed by atoms with Crippen LogP contribution in [0, 0.1) is 0 Å². The molecule has 0 bridgehead atoms. The number of aromatic hydroxyl groups is 1. The Morgan fingerprint density at radius 1 is 1.44 bits per heavy atom. The van der Waals surface area contributed by atoms with Gasteiger partial charge in [0, 0.05) is 27.3 Å². The summed E-state index contributed by atoms with van der Waals surface area (Å²) >= 11 is 0. The minimum absolute atomic E-state index is 0.0195. The second-order valence-electron chi connectivity index (χ2n) is 3.59. The molecule has 1 aromatic rings. The topological polar surface area (TPSA) is 49.8 Å². The molecule has 0 atom stereocenters. The number of ether oxygens (including phenoxy) is 1. The summed E-state index contributed by atoms with van der Waals surface area (Å²) in [5.41, 5.74) is 0.336. The summed E-state index contributed by atoms with van der Waals surface area (Å²) in [5.74, 6) is -0.153. The molecule has 1 rings (SSSR count). The van der Waals surface area contributed by atoms with Crippen molar-refractivity contribution < 1.29 is 14.6 Å². The van der Waals surface area contributed by atoms with E-state index in [2.05, 4.69) is 0 Å². The first-order valence-corrected chi connectivity index (χ1v) is 5.19. The van der Waals surface area contributed by atoms with E-state index in [-0.39, 0.29) is 11.7 Å². The zero-order valence-electron chi connectivity index (χ0n) is 9.64. The highest BCUT2D eigenvalue weighted by Gasteiger charge is 2.14. The first kappa shape index (κ1) is 12.5. The minimum Gasteiger partial charge on any atom is -0.507 e. The molecular weight excluding hydrogens is 206 g/mol. The van der Waals surface area contributed by atoms with Crippen molar-refractivity contribution in [3.05, 3.63) is 29.8 Å². The number of amides is 1. The van der Waals surface area contributed by atoms with Crippen molar-refractivity contribution in [3.63, 3.8) is 0 Å². The van der Waals surface area contributed by atoms with Gasteiger partial charge in [0.05, 0.1) is 5.56 Å². The Balaban J connectivity index is 2.60. The lowest BCUT2D eigenvalue weighted by molar-refractivity contribution is 0.0776. The van der Waals surface area contributed by atoms with Crippen LogP contribution >= 0.6 is 0 Å². The number of para-hydroxylation sites is 1. The summed E-state index contributed by atoms with van der Waals surface area (Å²) < 4.78 is 4.91. The second kappa shape index (κ2) is 6.12. The average molecular weight is 223 g/mol. The molecule has 0 fully saturated rings. The van der Waals surface area contributed by atoms with Gasteiger partial charge in [-0.05, 0) is 18.6 Å². The predicted molar refractivity (Wildman–Crippen MR) is 61.6 cm³/mol. The molecule has 0 aliphatic heterocycles. The van der Waals surface area contributed by atoms with Crippen molar-refractivity contribution >= 4 is 5.91 Å². The number of hydrogen-bond donors (Lipinski definition) is 1. The maximum absolute atomic E-state index is 11.9. The Morgan fingerprint density at radius 2 is 2.12 bits per heavy atom. The fourth-order valence-corrected chi connectivity index (χ4v) is 1.41. The third kappa shape index (κ3) is 3.24. The predicted octanol–water partition coefficient (Wildman–Crippen LogP) is 1.50. The highest BCUT2D eigenvalue weighted by molar-refractivity contribution is 5.96. The van der Waals surface area contributed by atoms with Crippen molar-refractivity contribution in [2.75, 3.05) is 27.3 Å². The lowest BCUT2D eigenvalue weighted by Crippen LogP contribution is -2.28. The number of carbonyl (C=O) groups excluding carboxylic acids is 1. The normalized spacial score (nSPS) is 10.1. The number of benzene rings is 1. The average Bonchev–Trinajstić information content (AvgIpc) is 2.29. The van der Waals surface area contributed by atoms with Gasteiger partial charge in [-0.2, -0.15) is 0 Å². The van der Waals surface area contributed by atoms with Crippen molar-refractivity contribution in [2.24, 2.45) is 0 Å². The first-order valence-electron chi connectivity index (χ1n) is 5.19. The Kier molecular flexibility index (Phi) is 4.79. The summed E-state index contributed by atoms with van der Waals surface area (Å²) in [4.78, 5) is 13.5. The molecular formula is C12H17NO3. The number of hydrogen-bond acceptors (Lipinski definition) is 3. The van der Waals surface area contributed by atoms with Gasteiger partial charge in [-0.25, -0.2) is 0 Å². The third-order valence-electron chi connectivity index (χ3n) is 2.32. The molecule has 0 heterocycles. The molecule has 4 heteroatoms. The van der Waals surface area contributed by atoms with E-state index in [1.807, 2.05) is 0 Å². The van der Waals surface area contributed by atoms with Crippen LogP contribution in [-0.4, -0.2) is 43.2 Å². The SMILES string of the molecule is COCCCN(C)C(=O)c1ccccc1O. The molecule has 0 saturated heterocycles. The molecule has 88 valence electrons. The maximum Gasteiger partial charge on any atom is 0.257 e. The van der Waals surface area contributed by atoms with E-state index < -0.39 is 0 Å². The molecule has 0 radical (unpaired) electrons. The molecule has 0 saturated carbocycles. The van der Waals surface area contributed by atoms with Gasteiger partial charge in [-0.3, -0.25) is 4.79 Å². The van der Waals surface area contributed by atoms with Gasteiger partial charge < -0.3 is 14.7 Å². The summed E-state index contributed by atoms with van der Waals surface area (Å²) in [6, 6.07) is 6.55. The number of rotatable bonds is 5. The van der Waals surface area contributed by atoms with E-state index in [0.29, 0.717) is 18.7 Å². The maximum atomic E-state index is 11.9. The van der Waals surface area contributed by atoms with Gasteiger partial charge in [0.1, 0.15) is 5.75 Å². The fraction of sp³-hybridized carbons (Fsp3) is 0.417. The number of phenolic OH excluding ortho intramolecular Hbond substituents is 1. The minimum atomic E-state index is -0.172. The Hall–Kier alpha value is -1.55. The molecule has 1 N–H and O–H groups in total. The van der Waals surface area contributed by atoms with E-state index in [1.165, 1.54) is 6.07 Å². The lowest BCUT2D eigenvalue weighted by Gasteiger charge is -2.17. The molecule has 0 aliphatic rings. The van der Waals surface area contributed by atoms with Crippen molar-refractivity contribution in [1.29, 1.82) is 0 Å². The standard InChI is InChI=1S/C12H17NO3/c1-13(8-5-9-16-2)12(15)10-6-3-4-7-11(10)14/h3-4,6-7,14H,5,8-9H2,1-2H3. The van der Waals surface area contributed by atoms with Gasteiger partial charge in [0.15, 0.2) is 0 Å². The van der Waals surface area contributed by atoms with Crippen LogP contribution in [0.4, 0.5) is 0 Å². The Morgan fingerprint density at radius 3 is 2.75 bits per heavy atom. The number of phenols is 1. The Labute approximate surface area is 95.5 Å². The zero-order chi connectivity index (χ0) is 12.0. The van der Waals surface area contributed by atoms with Crippen molar-refractivity contribution in [3.8, 4) is 5.75 Å². The van der Waals surface area contributed by atoms with E-state index in [9.17, 15) is 9.90 Å². The van der Waals surface area contributed by atoms with Crippen molar-refractivity contribution in [2.45, 2.75) is 6.42 Å². The summed E-state index contributed by atoms with van der Waals surface area (Å²) in [7, 11) is 3.34. The number of nitrogens with zero attached hydrogens (tertiary/aromatic N) is 1. The van der Waals surface area contributed by atoms with Crippen LogP contribution in [0.3, 0.4) is 0 Å². The van der Waals surface area contributed by atoms with Crippen LogP contribution in [0.5, 0.6) is 5.75 Å². The van der Waals surface area contributed by atoms with Crippen LogP contribution in [0.15, 0.2) is 24.3 Å². The molecule has 0 aliphatic carbocycles. The molecule has 16 heavy (non-hydrogen) atoms. The fourth-order valence-electron chi connectivity index (χ4n) is 1.41. The number of methoxy groups -OCH3 is 1. The third-order valence-corrected chi connectivity index (χ3v) is 2.32. The molecule has 0 unspecified atom stereocenters. The van der Waals surface area contributed by atoms with E-state index in [1.54, 1.807) is 37.3 Å².